The average Bonchev–Trinajstić information content (AvgIpc) is 3.24. The van der Waals surface area contributed by atoms with Crippen molar-refractivity contribution in [2.75, 3.05) is 28.4 Å². The topological polar surface area (TPSA) is 109 Å². The van der Waals surface area contributed by atoms with E-state index in [1.165, 1.54) is 13.5 Å². The van der Waals surface area contributed by atoms with E-state index in [1.54, 1.807) is 33.5 Å². The van der Waals surface area contributed by atoms with Gasteiger partial charge in [-0.25, -0.2) is 0 Å². The van der Waals surface area contributed by atoms with Gasteiger partial charge in [0.05, 0.1) is 34.5 Å². The van der Waals surface area contributed by atoms with Crippen LogP contribution in [0.4, 0.5) is 0 Å². The van der Waals surface area contributed by atoms with Gasteiger partial charge in [-0.3, -0.25) is 14.4 Å². The summed E-state index contributed by atoms with van der Waals surface area (Å²) in [5.74, 6) is 1.46. The summed E-state index contributed by atoms with van der Waals surface area (Å²) in [4.78, 5) is 38.3. The Kier molecular flexibility index (Phi) is 11.1. The molecule has 0 spiro atoms. The molecule has 1 saturated carbocycles. The normalized spacial score (nSPS) is 16.3. The number of amides is 1. The molecule has 9 nitrogen and oxygen atoms in total. The molecule has 2 aliphatic rings. The van der Waals surface area contributed by atoms with Crippen LogP contribution < -0.4 is 29.7 Å². The Morgan fingerprint density at radius 3 is 2.21 bits per heavy atom. The number of esters is 1. The first-order chi connectivity index (χ1) is 20.4. The number of fused-ring (bicyclic) bond motifs is 3. The van der Waals surface area contributed by atoms with Crippen molar-refractivity contribution in [3.63, 3.8) is 0 Å². The van der Waals surface area contributed by atoms with Gasteiger partial charge in [-0.2, -0.15) is 0 Å². The van der Waals surface area contributed by atoms with Crippen LogP contribution in [-0.4, -0.2) is 46.4 Å². The predicted octanol–water partition coefficient (Wildman–Crippen LogP) is 5.68. The molecule has 1 atom stereocenters. The van der Waals surface area contributed by atoms with Crippen molar-refractivity contribution in [2.24, 2.45) is 0 Å². The lowest BCUT2D eigenvalue weighted by atomic mass is 9.95. The zero-order valence-corrected chi connectivity index (χ0v) is 25.2. The summed E-state index contributed by atoms with van der Waals surface area (Å²) >= 11 is 0. The molecule has 2 aromatic carbocycles. The highest BCUT2D eigenvalue weighted by molar-refractivity contribution is 5.83. The van der Waals surface area contributed by atoms with Crippen LogP contribution in [0.3, 0.4) is 0 Å². The lowest BCUT2D eigenvalue weighted by Gasteiger charge is -2.21. The maximum atomic E-state index is 13.1. The molecule has 0 heterocycles. The van der Waals surface area contributed by atoms with E-state index in [-0.39, 0.29) is 29.2 Å². The Morgan fingerprint density at radius 2 is 1.52 bits per heavy atom. The standard InChI is InChI=1S/C33H43NO8/c1-38-27-18-16-23-24(20-26(27)35)25(17-15-21-19-28(39-2)32(40-3)33(41-4)31(21)23)34-29(36)13-9-6-10-14-30(37)42-22-11-7-5-8-12-22/h16,18-20,22,25H,5-15,17H2,1-4H3,(H,34,36)/t25-/m0/s1. The van der Waals surface area contributed by atoms with Crippen molar-refractivity contribution < 1.29 is 33.3 Å². The molecule has 1 fully saturated rings. The second-order valence-electron chi connectivity index (χ2n) is 10.9. The maximum absolute atomic E-state index is 13.1. The second kappa shape index (κ2) is 14.9. The fourth-order valence-electron chi connectivity index (χ4n) is 6.04. The van der Waals surface area contributed by atoms with Crippen molar-refractivity contribution in [1.82, 2.24) is 5.32 Å². The summed E-state index contributed by atoms with van der Waals surface area (Å²) in [6.07, 6.45) is 9.49. The fraction of sp³-hybridized carbons (Fsp3) is 0.545. The van der Waals surface area contributed by atoms with Crippen LogP contribution in [0.2, 0.25) is 0 Å². The van der Waals surface area contributed by atoms with Crippen LogP contribution >= 0.6 is 0 Å². The summed E-state index contributed by atoms with van der Waals surface area (Å²) in [6.45, 7) is 0. The number of hydrogen-bond acceptors (Lipinski definition) is 8. The van der Waals surface area contributed by atoms with Crippen LogP contribution in [0.25, 0.3) is 11.1 Å². The summed E-state index contributed by atoms with van der Waals surface area (Å²) in [5, 5.41) is 3.16. The van der Waals surface area contributed by atoms with Crippen molar-refractivity contribution in [3.05, 3.63) is 45.6 Å². The second-order valence-corrected chi connectivity index (χ2v) is 10.9. The molecule has 1 N–H and O–H groups in total. The van der Waals surface area contributed by atoms with Crippen molar-refractivity contribution in [2.45, 2.75) is 89.2 Å². The highest BCUT2D eigenvalue weighted by Gasteiger charge is 2.30. The smallest absolute Gasteiger partial charge is 0.306 e. The quantitative estimate of drug-likeness (QED) is 0.252. The van der Waals surface area contributed by atoms with Gasteiger partial charge in [0, 0.05) is 18.4 Å². The molecule has 2 aliphatic carbocycles. The van der Waals surface area contributed by atoms with Gasteiger partial charge < -0.3 is 29.0 Å². The van der Waals surface area contributed by atoms with E-state index in [4.69, 9.17) is 23.7 Å². The number of carbonyl (C=O) groups is 2. The van der Waals surface area contributed by atoms with Crippen molar-refractivity contribution in [1.29, 1.82) is 0 Å². The Morgan fingerprint density at radius 1 is 0.810 bits per heavy atom. The Bertz CT molecular complexity index is 1320. The molecule has 0 aromatic heterocycles. The minimum absolute atomic E-state index is 0.0733. The first-order valence-corrected chi connectivity index (χ1v) is 14.9. The molecule has 42 heavy (non-hydrogen) atoms. The van der Waals surface area contributed by atoms with E-state index in [1.807, 2.05) is 12.1 Å². The van der Waals surface area contributed by atoms with Crippen LogP contribution in [0.15, 0.2) is 29.1 Å². The number of ether oxygens (including phenoxy) is 5. The molecule has 2 aromatic rings. The monoisotopic (exact) mass is 581 g/mol. The molecule has 1 amide bonds. The molecule has 0 radical (unpaired) electrons. The molecule has 4 rings (SSSR count). The third kappa shape index (κ3) is 7.36. The zero-order valence-electron chi connectivity index (χ0n) is 25.2. The van der Waals surface area contributed by atoms with Gasteiger partial charge >= 0.3 is 5.97 Å². The molecule has 0 saturated heterocycles. The number of carbonyl (C=O) groups excluding carboxylic acids is 2. The minimum atomic E-state index is -0.406. The lowest BCUT2D eigenvalue weighted by Crippen LogP contribution is -2.29. The molecule has 9 heteroatoms. The third-order valence-corrected chi connectivity index (χ3v) is 8.19. The Balaban J connectivity index is 1.48. The van der Waals surface area contributed by atoms with Gasteiger partial charge in [0.1, 0.15) is 6.10 Å². The molecular formula is C33H43NO8. The third-order valence-electron chi connectivity index (χ3n) is 8.19. The SMILES string of the molecule is COc1cc2c(c(OC)c1OC)-c1ccc(OC)c(=O)cc1[C@@H](NC(=O)CCCCCC(=O)OC1CCCCC1)CC2. The largest absolute Gasteiger partial charge is 0.493 e. The predicted molar refractivity (Wildman–Crippen MR) is 160 cm³/mol. The average molecular weight is 582 g/mol. The van der Waals surface area contributed by atoms with Gasteiger partial charge in [0.25, 0.3) is 0 Å². The number of unbranched alkanes of at least 4 members (excludes halogenated alkanes) is 2. The number of benzene rings is 1. The van der Waals surface area contributed by atoms with E-state index in [0.29, 0.717) is 61.3 Å². The van der Waals surface area contributed by atoms with Crippen molar-refractivity contribution in [3.8, 4) is 34.1 Å². The van der Waals surface area contributed by atoms with Gasteiger partial charge in [-0.1, -0.05) is 18.9 Å². The molecule has 0 aliphatic heterocycles. The van der Waals surface area contributed by atoms with Crippen LogP contribution in [-0.2, 0) is 20.7 Å². The first-order valence-electron chi connectivity index (χ1n) is 14.9. The van der Waals surface area contributed by atoms with E-state index in [0.717, 1.165) is 48.8 Å². The summed E-state index contributed by atoms with van der Waals surface area (Å²) < 4.78 is 28.0. The molecular weight excluding hydrogens is 538 g/mol. The van der Waals surface area contributed by atoms with E-state index in [9.17, 15) is 14.4 Å². The zero-order chi connectivity index (χ0) is 30.1. The van der Waals surface area contributed by atoms with Gasteiger partial charge in [0.15, 0.2) is 17.2 Å². The minimum Gasteiger partial charge on any atom is -0.493 e. The molecule has 228 valence electrons. The number of nitrogens with one attached hydrogen (secondary N) is 1. The van der Waals surface area contributed by atoms with Crippen LogP contribution in [0, 0.1) is 0 Å². The summed E-state index contributed by atoms with van der Waals surface area (Å²) in [7, 11) is 6.15. The van der Waals surface area contributed by atoms with Gasteiger partial charge in [-0.05, 0) is 86.3 Å². The first kappa shape index (κ1) is 31.2. The fourth-order valence-corrected chi connectivity index (χ4v) is 6.04. The number of rotatable bonds is 12. The number of hydrogen-bond donors (Lipinski definition) is 1. The maximum Gasteiger partial charge on any atom is 0.306 e. The van der Waals surface area contributed by atoms with Gasteiger partial charge in [-0.15, -0.1) is 0 Å². The van der Waals surface area contributed by atoms with E-state index in [2.05, 4.69) is 5.32 Å². The van der Waals surface area contributed by atoms with Gasteiger partial charge in [0.2, 0.25) is 17.1 Å². The van der Waals surface area contributed by atoms with Crippen LogP contribution in [0.1, 0.15) is 87.8 Å². The van der Waals surface area contributed by atoms with E-state index >= 15 is 0 Å². The number of methoxy groups -OCH3 is 4. The Labute approximate surface area is 247 Å². The highest BCUT2D eigenvalue weighted by atomic mass is 16.5. The van der Waals surface area contributed by atoms with Crippen molar-refractivity contribution >= 4 is 11.9 Å². The van der Waals surface area contributed by atoms with Crippen LogP contribution in [0.5, 0.6) is 23.0 Å². The molecule has 0 bridgehead atoms. The highest BCUT2D eigenvalue weighted by Crippen LogP contribution is 2.50. The summed E-state index contributed by atoms with van der Waals surface area (Å²) in [6, 6.07) is 6.54. The Hall–Kier alpha value is -3.75. The summed E-state index contributed by atoms with van der Waals surface area (Å²) in [5.41, 5.74) is 2.91. The van der Waals surface area contributed by atoms with E-state index < -0.39 is 6.04 Å². The number of aryl methyl sites for hydroxylation is 1. The molecule has 0 unspecified atom stereocenters. The lowest BCUT2D eigenvalue weighted by molar-refractivity contribution is -0.150.